The first-order chi connectivity index (χ1) is 13.0. The van der Waals surface area contributed by atoms with E-state index in [1.165, 1.54) is 17.7 Å². The molecule has 2 heterocycles. The second-order valence-electron chi connectivity index (χ2n) is 6.94. The van der Waals surface area contributed by atoms with Crippen LogP contribution >= 0.6 is 15.9 Å². The molecule has 0 aliphatic carbocycles. The van der Waals surface area contributed by atoms with Crippen LogP contribution in [0.1, 0.15) is 30.9 Å². The number of benzene rings is 2. The van der Waals surface area contributed by atoms with Crippen LogP contribution in [0.25, 0.3) is 22.6 Å². The maximum atomic E-state index is 13.1. The maximum absolute atomic E-state index is 13.1. The third-order valence-corrected chi connectivity index (χ3v) is 4.92. The summed E-state index contributed by atoms with van der Waals surface area (Å²) in [6.45, 7) is 4.95. The van der Waals surface area contributed by atoms with Crippen LogP contribution in [0, 0.1) is 5.82 Å². The van der Waals surface area contributed by atoms with Crippen LogP contribution in [0.4, 0.5) is 4.39 Å². The first kappa shape index (κ1) is 20.7. The number of aromatic nitrogens is 2. The molecule has 0 N–H and O–H groups in total. The summed E-state index contributed by atoms with van der Waals surface area (Å²) < 4.78 is 22.0. The minimum atomic E-state index is -0.231. The summed E-state index contributed by atoms with van der Waals surface area (Å²) in [5, 5.41) is 0. The van der Waals surface area contributed by atoms with Crippen molar-refractivity contribution in [1.82, 2.24) is 4.98 Å². The van der Waals surface area contributed by atoms with E-state index in [1.807, 2.05) is 29.1 Å². The Labute approximate surface area is 182 Å². The molecular weight excluding hydrogens is 487 g/mol. The quantitative estimate of drug-likeness (QED) is 0.399. The van der Waals surface area contributed by atoms with Gasteiger partial charge in [-0.2, -0.15) is 4.57 Å². The lowest BCUT2D eigenvalue weighted by Gasteiger charge is -2.02. The summed E-state index contributed by atoms with van der Waals surface area (Å²) >= 11 is 3.56. The van der Waals surface area contributed by atoms with Gasteiger partial charge >= 0.3 is 0 Å². The highest BCUT2D eigenvalue weighted by molar-refractivity contribution is 9.10. The molecule has 0 saturated carbocycles. The van der Waals surface area contributed by atoms with Gasteiger partial charge < -0.3 is 21.4 Å². The number of pyridine rings is 1. The van der Waals surface area contributed by atoms with Crippen molar-refractivity contribution in [2.75, 3.05) is 0 Å². The summed E-state index contributed by atoms with van der Waals surface area (Å²) in [7, 11) is 0. The molecule has 6 heteroatoms. The summed E-state index contributed by atoms with van der Waals surface area (Å²) in [5.41, 5.74) is 4.78. The average Bonchev–Trinajstić information content (AvgIpc) is 3.06. The largest absolute Gasteiger partial charge is 1.00 e. The van der Waals surface area contributed by atoms with Crippen LogP contribution in [-0.2, 0) is 6.54 Å². The fraction of sp³-hybridized carbons (Fsp3) is 0.182. The molecule has 0 aliphatic heterocycles. The second kappa shape index (κ2) is 8.53. The van der Waals surface area contributed by atoms with Crippen LogP contribution in [0.2, 0.25) is 0 Å². The number of oxazole rings is 1. The summed E-state index contributed by atoms with van der Waals surface area (Å²) in [5.74, 6) is 0.796. The monoisotopic (exact) mass is 504 g/mol. The Bertz CT molecular complexity index is 1110. The Kier molecular flexibility index (Phi) is 6.30. The van der Waals surface area contributed by atoms with Gasteiger partial charge in [0.1, 0.15) is 16.9 Å². The van der Waals surface area contributed by atoms with E-state index in [9.17, 15) is 4.39 Å². The molecule has 144 valence electrons. The van der Waals surface area contributed by atoms with E-state index < -0.39 is 0 Å². The molecule has 0 atom stereocenters. The summed E-state index contributed by atoms with van der Waals surface area (Å²) in [6.07, 6.45) is 3.97. The van der Waals surface area contributed by atoms with Gasteiger partial charge in [0.2, 0.25) is 5.89 Å². The van der Waals surface area contributed by atoms with Gasteiger partial charge in [-0.05, 0) is 69.9 Å². The van der Waals surface area contributed by atoms with Gasteiger partial charge in [-0.25, -0.2) is 9.37 Å². The number of hydrogen-bond donors (Lipinski definition) is 0. The molecule has 0 aliphatic rings. The zero-order chi connectivity index (χ0) is 19.0. The predicted molar refractivity (Wildman–Crippen MR) is 107 cm³/mol. The maximum Gasteiger partial charge on any atom is 0.233 e. The van der Waals surface area contributed by atoms with E-state index in [1.54, 1.807) is 12.1 Å². The van der Waals surface area contributed by atoms with Crippen molar-refractivity contribution in [2.45, 2.75) is 26.3 Å². The van der Waals surface area contributed by atoms with Crippen molar-refractivity contribution in [3.05, 3.63) is 82.3 Å². The van der Waals surface area contributed by atoms with Gasteiger partial charge in [0.25, 0.3) is 0 Å². The van der Waals surface area contributed by atoms with E-state index in [4.69, 9.17) is 4.42 Å². The van der Waals surface area contributed by atoms with Gasteiger partial charge in [0.15, 0.2) is 24.5 Å². The SMILES string of the molecule is CC(C)c1ccc2oc(-c3cc(Br)c[n+](Cc4ccc(F)cc4)c3)nc2c1.[Br-]. The fourth-order valence-electron chi connectivity index (χ4n) is 3.03. The Morgan fingerprint density at radius 3 is 2.54 bits per heavy atom. The van der Waals surface area contributed by atoms with Crippen molar-refractivity contribution < 1.29 is 30.4 Å². The highest BCUT2D eigenvalue weighted by Crippen LogP contribution is 2.27. The molecule has 2 aromatic heterocycles. The molecule has 28 heavy (non-hydrogen) atoms. The van der Waals surface area contributed by atoms with Crippen LogP contribution in [0.5, 0.6) is 0 Å². The topological polar surface area (TPSA) is 29.9 Å². The van der Waals surface area contributed by atoms with E-state index >= 15 is 0 Å². The number of nitrogens with zero attached hydrogens (tertiary/aromatic N) is 2. The van der Waals surface area contributed by atoms with Crippen molar-refractivity contribution >= 4 is 27.0 Å². The van der Waals surface area contributed by atoms with Crippen LogP contribution in [0.15, 0.2) is 69.8 Å². The normalized spacial score (nSPS) is 11.0. The van der Waals surface area contributed by atoms with E-state index in [2.05, 4.69) is 46.9 Å². The molecule has 4 aromatic rings. The molecular formula is C22H19Br2FN2O. The minimum Gasteiger partial charge on any atom is -1.00 e. The van der Waals surface area contributed by atoms with Crippen molar-refractivity contribution in [2.24, 2.45) is 0 Å². The third kappa shape index (κ3) is 4.50. The van der Waals surface area contributed by atoms with Gasteiger partial charge in [-0.3, -0.25) is 0 Å². The van der Waals surface area contributed by atoms with Crippen LogP contribution in [-0.4, -0.2) is 4.98 Å². The van der Waals surface area contributed by atoms with E-state index in [-0.39, 0.29) is 22.8 Å². The molecule has 0 spiro atoms. The minimum absolute atomic E-state index is 0. The number of hydrogen-bond acceptors (Lipinski definition) is 2. The zero-order valence-electron chi connectivity index (χ0n) is 15.5. The van der Waals surface area contributed by atoms with Crippen molar-refractivity contribution in [3.8, 4) is 11.5 Å². The van der Waals surface area contributed by atoms with Gasteiger partial charge in [-0.15, -0.1) is 0 Å². The zero-order valence-corrected chi connectivity index (χ0v) is 18.7. The van der Waals surface area contributed by atoms with Gasteiger partial charge in [0, 0.05) is 5.56 Å². The molecule has 2 aromatic carbocycles. The molecule has 0 unspecified atom stereocenters. The molecule has 3 nitrogen and oxygen atoms in total. The van der Waals surface area contributed by atoms with Gasteiger partial charge in [0.05, 0.1) is 4.47 Å². The highest BCUT2D eigenvalue weighted by Gasteiger charge is 2.15. The van der Waals surface area contributed by atoms with Crippen molar-refractivity contribution in [1.29, 1.82) is 0 Å². The fourth-order valence-corrected chi connectivity index (χ4v) is 3.54. The summed E-state index contributed by atoms with van der Waals surface area (Å²) in [6, 6.07) is 14.6. The Balaban J connectivity index is 0.00000225. The molecule has 0 radical (unpaired) electrons. The lowest BCUT2D eigenvalue weighted by Crippen LogP contribution is -3.00. The first-order valence-corrected chi connectivity index (χ1v) is 9.62. The average molecular weight is 506 g/mol. The second-order valence-corrected chi connectivity index (χ2v) is 7.86. The Morgan fingerprint density at radius 2 is 1.82 bits per heavy atom. The predicted octanol–water partition coefficient (Wildman–Crippen LogP) is 2.86. The summed E-state index contributed by atoms with van der Waals surface area (Å²) in [4.78, 5) is 4.68. The third-order valence-electron chi connectivity index (χ3n) is 4.49. The lowest BCUT2D eigenvalue weighted by atomic mass is 10.0. The smallest absolute Gasteiger partial charge is 0.233 e. The molecule has 0 saturated heterocycles. The molecule has 4 rings (SSSR count). The van der Waals surface area contributed by atoms with Gasteiger partial charge in [-0.1, -0.05) is 19.9 Å². The lowest BCUT2D eigenvalue weighted by molar-refractivity contribution is -0.688. The highest BCUT2D eigenvalue weighted by atomic mass is 79.9. The number of fused-ring (bicyclic) bond motifs is 1. The number of rotatable bonds is 4. The van der Waals surface area contributed by atoms with Crippen LogP contribution in [0.3, 0.4) is 0 Å². The van der Waals surface area contributed by atoms with E-state index in [0.29, 0.717) is 18.4 Å². The molecule has 0 bridgehead atoms. The standard InChI is InChI=1S/C22H19BrFN2O.BrH/c1-14(2)16-5-8-21-20(10-16)25-22(27-21)17-9-18(23)13-26(12-17)11-15-3-6-19(24)7-4-15;/h3-10,12-14H,11H2,1-2H3;1H/q+1;/p-1. The van der Waals surface area contributed by atoms with E-state index in [0.717, 1.165) is 26.7 Å². The Morgan fingerprint density at radius 1 is 1.07 bits per heavy atom. The number of halogens is 3. The van der Waals surface area contributed by atoms with Crippen LogP contribution < -0.4 is 21.5 Å². The molecule has 0 fully saturated rings. The first-order valence-electron chi connectivity index (χ1n) is 8.83. The Hall–Kier alpha value is -2.05. The van der Waals surface area contributed by atoms with Crippen molar-refractivity contribution in [3.63, 3.8) is 0 Å². The molecule has 0 amide bonds.